The molecule has 0 fully saturated rings. The van der Waals surface area contributed by atoms with E-state index in [1.165, 1.54) is 6.20 Å². The van der Waals surface area contributed by atoms with E-state index in [1.807, 2.05) is 0 Å². The van der Waals surface area contributed by atoms with Gasteiger partial charge in [-0.2, -0.15) is 0 Å². The first-order chi connectivity index (χ1) is 8.16. The van der Waals surface area contributed by atoms with Gasteiger partial charge in [0, 0.05) is 24.1 Å². The normalized spacial score (nSPS) is 8.76. The van der Waals surface area contributed by atoms with Gasteiger partial charge in [0.05, 0.1) is 5.56 Å². The van der Waals surface area contributed by atoms with Crippen molar-refractivity contribution in [3.63, 3.8) is 0 Å². The number of carboxylic acid groups (broad SMARTS) is 1. The molecule has 0 aliphatic rings. The molecule has 6 nitrogen and oxygen atoms in total. The lowest BCUT2D eigenvalue weighted by atomic mass is 10.2. The summed E-state index contributed by atoms with van der Waals surface area (Å²) in [7, 11) is 0. The van der Waals surface area contributed by atoms with Crippen LogP contribution < -0.4 is 0 Å². The molecular weight excluding hydrogens is 227 g/mol. The zero-order chi connectivity index (χ0) is 12.7. The molecule has 1 aromatic heterocycles. The van der Waals surface area contributed by atoms with E-state index in [2.05, 4.69) is 26.9 Å². The van der Waals surface area contributed by atoms with Crippen molar-refractivity contribution < 1.29 is 14.3 Å². The molecule has 0 spiro atoms. The van der Waals surface area contributed by atoms with Gasteiger partial charge in [-0.3, -0.25) is 0 Å². The molecular formula is C10H7FN4O2. The number of rotatable bonds is 3. The van der Waals surface area contributed by atoms with Crippen molar-refractivity contribution in [2.75, 3.05) is 6.54 Å². The van der Waals surface area contributed by atoms with Crippen LogP contribution in [-0.4, -0.2) is 22.6 Å². The SMILES string of the molecule is [N-]=[N+]=NCCC#Cc1nccc(C(=O)O)c1F. The van der Waals surface area contributed by atoms with Crippen molar-refractivity contribution in [2.24, 2.45) is 5.11 Å². The Morgan fingerprint density at radius 1 is 1.71 bits per heavy atom. The number of carbonyl (C=O) groups is 1. The Morgan fingerprint density at radius 3 is 3.12 bits per heavy atom. The molecule has 0 unspecified atom stereocenters. The summed E-state index contributed by atoms with van der Waals surface area (Å²) in [5.74, 6) is 2.58. The number of aromatic nitrogens is 1. The number of hydrogen-bond donors (Lipinski definition) is 1. The van der Waals surface area contributed by atoms with Crippen molar-refractivity contribution in [1.82, 2.24) is 4.98 Å². The maximum atomic E-state index is 13.5. The molecule has 7 heteroatoms. The number of aromatic carboxylic acids is 1. The number of carboxylic acids is 1. The van der Waals surface area contributed by atoms with Gasteiger partial charge in [-0.1, -0.05) is 11.0 Å². The third-order valence-electron chi connectivity index (χ3n) is 1.73. The quantitative estimate of drug-likeness (QED) is 0.284. The molecule has 0 atom stereocenters. The van der Waals surface area contributed by atoms with Gasteiger partial charge >= 0.3 is 5.97 Å². The van der Waals surface area contributed by atoms with E-state index in [0.29, 0.717) is 0 Å². The zero-order valence-electron chi connectivity index (χ0n) is 8.59. The first kappa shape index (κ1) is 12.5. The maximum Gasteiger partial charge on any atom is 0.338 e. The molecule has 1 N–H and O–H groups in total. The molecule has 1 rings (SSSR count). The van der Waals surface area contributed by atoms with Crippen molar-refractivity contribution in [3.8, 4) is 11.8 Å². The molecule has 0 aliphatic carbocycles. The fourth-order valence-corrected chi connectivity index (χ4v) is 0.993. The number of halogens is 1. The van der Waals surface area contributed by atoms with E-state index in [-0.39, 0.29) is 18.7 Å². The van der Waals surface area contributed by atoms with Crippen LogP contribution in [0.2, 0.25) is 0 Å². The number of nitrogens with zero attached hydrogens (tertiary/aromatic N) is 4. The summed E-state index contributed by atoms with van der Waals surface area (Å²) in [4.78, 5) is 16.8. The second kappa shape index (κ2) is 6.10. The lowest BCUT2D eigenvalue weighted by Crippen LogP contribution is -2.03. The number of azide groups is 1. The minimum atomic E-state index is -1.37. The summed E-state index contributed by atoms with van der Waals surface area (Å²) < 4.78 is 13.5. The van der Waals surface area contributed by atoms with Crippen LogP contribution in [0.5, 0.6) is 0 Å². The van der Waals surface area contributed by atoms with Gasteiger partial charge in [-0.15, -0.1) is 0 Å². The molecule has 0 saturated heterocycles. The van der Waals surface area contributed by atoms with Gasteiger partial charge in [0.1, 0.15) is 5.69 Å². The van der Waals surface area contributed by atoms with Gasteiger partial charge in [-0.05, 0) is 17.5 Å². The lowest BCUT2D eigenvalue weighted by Gasteiger charge is -1.97. The predicted octanol–water partition coefficient (Wildman–Crippen LogP) is 1.97. The standard InChI is InChI=1S/C10H7FN4O2/c11-9-7(10(16)17)4-6-13-8(9)3-1-2-5-14-15-12/h4,6H,2,5H2,(H,16,17). The molecule has 0 aliphatic heterocycles. The third-order valence-corrected chi connectivity index (χ3v) is 1.73. The molecule has 0 aromatic carbocycles. The van der Waals surface area contributed by atoms with Gasteiger partial charge in [-0.25, -0.2) is 14.2 Å². The minimum Gasteiger partial charge on any atom is -0.478 e. The van der Waals surface area contributed by atoms with E-state index in [1.54, 1.807) is 0 Å². The minimum absolute atomic E-state index is 0.170. The van der Waals surface area contributed by atoms with Crippen LogP contribution in [0.3, 0.4) is 0 Å². The highest BCUT2D eigenvalue weighted by atomic mass is 19.1. The highest BCUT2D eigenvalue weighted by Gasteiger charge is 2.13. The molecule has 0 bridgehead atoms. The number of pyridine rings is 1. The molecule has 17 heavy (non-hydrogen) atoms. The fourth-order valence-electron chi connectivity index (χ4n) is 0.993. The second-order valence-electron chi connectivity index (χ2n) is 2.83. The van der Waals surface area contributed by atoms with Gasteiger partial charge in [0.15, 0.2) is 5.82 Å². The van der Waals surface area contributed by atoms with Crippen LogP contribution in [0.4, 0.5) is 4.39 Å². The van der Waals surface area contributed by atoms with Gasteiger partial charge in [0.2, 0.25) is 0 Å². The van der Waals surface area contributed by atoms with E-state index in [4.69, 9.17) is 10.6 Å². The van der Waals surface area contributed by atoms with Crippen LogP contribution in [-0.2, 0) is 0 Å². The smallest absolute Gasteiger partial charge is 0.338 e. The molecule has 86 valence electrons. The van der Waals surface area contributed by atoms with Gasteiger partial charge in [0.25, 0.3) is 0 Å². The topological polar surface area (TPSA) is 99.0 Å². The maximum absolute atomic E-state index is 13.5. The molecule has 0 amide bonds. The molecule has 0 radical (unpaired) electrons. The Kier molecular flexibility index (Phi) is 4.48. The van der Waals surface area contributed by atoms with Crippen LogP contribution in [0.25, 0.3) is 10.4 Å². The summed E-state index contributed by atoms with van der Waals surface area (Å²) in [5, 5.41) is 11.9. The first-order valence-corrected chi connectivity index (χ1v) is 4.54. The average Bonchev–Trinajstić information content (AvgIpc) is 2.30. The van der Waals surface area contributed by atoms with Crippen LogP contribution in [0.15, 0.2) is 17.4 Å². The summed E-state index contributed by atoms with van der Waals surface area (Å²) in [5.41, 5.74) is 7.29. The zero-order valence-corrected chi connectivity index (χ0v) is 8.59. The Hall–Kier alpha value is -2.58. The highest BCUT2D eigenvalue weighted by molar-refractivity contribution is 5.88. The Bertz CT molecular complexity index is 541. The summed E-state index contributed by atoms with van der Waals surface area (Å²) in [6, 6.07) is 1.06. The van der Waals surface area contributed by atoms with Crippen molar-refractivity contribution in [1.29, 1.82) is 0 Å². The fraction of sp³-hybridized carbons (Fsp3) is 0.200. The average molecular weight is 234 g/mol. The highest BCUT2D eigenvalue weighted by Crippen LogP contribution is 2.09. The van der Waals surface area contributed by atoms with Crippen LogP contribution >= 0.6 is 0 Å². The Balaban J connectivity index is 2.88. The molecule has 1 aromatic rings. The monoisotopic (exact) mass is 234 g/mol. The first-order valence-electron chi connectivity index (χ1n) is 4.54. The summed E-state index contributed by atoms with van der Waals surface area (Å²) >= 11 is 0. The van der Waals surface area contributed by atoms with Crippen LogP contribution in [0, 0.1) is 17.7 Å². The Labute approximate surface area is 95.7 Å². The lowest BCUT2D eigenvalue weighted by molar-refractivity contribution is 0.0691. The summed E-state index contributed by atoms with van der Waals surface area (Å²) in [6.45, 7) is 0.170. The van der Waals surface area contributed by atoms with Crippen molar-refractivity contribution in [2.45, 2.75) is 6.42 Å². The predicted molar refractivity (Wildman–Crippen MR) is 56.7 cm³/mol. The largest absolute Gasteiger partial charge is 0.478 e. The van der Waals surface area contributed by atoms with E-state index < -0.39 is 17.3 Å². The summed E-state index contributed by atoms with van der Waals surface area (Å²) in [6.07, 6.45) is 1.42. The molecule has 0 saturated carbocycles. The number of hydrogen-bond acceptors (Lipinski definition) is 3. The van der Waals surface area contributed by atoms with E-state index >= 15 is 0 Å². The van der Waals surface area contributed by atoms with E-state index in [0.717, 1.165) is 6.07 Å². The third kappa shape index (κ3) is 3.48. The molecule has 1 heterocycles. The van der Waals surface area contributed by atoms with E-state index in [9.17, 15) is 9.18 Å². The second-order valence-corrected chi connectivity index (χ2v) is 2.83. The van der Waals surface area contributed by atoms with Crippen molar-refractivity contribution in [3.05, 3.63) is 39.8 Å². The van der Waals surface area contributed by atoms with Crippen molar-refractivity contribution >= 4 is 5.97 Å². The van der Waals surface area contributed by atoms with Gasteiger partial charge < -0.3 is 5.11 Å². The Morgan fingerprint density at radius 2 is 2.47 bits per heavy atom. The van der Waals surface area contributed by atoms with Crippen LogP contribution in [0.1, 0.15) is 22.5 Å².